The molecule has 1 heterocycles. The molecule has 5 nitrogen and oxygen atoms in total. The van der Waals surface area contributed by atoms with Crippen molar-refractivity contribution in [3.63, 3.8) is 0 Å². The first-order chi connectivity index (χ1) is 10.2. The number of pyridine rings is 1. The molecule has 0 spiro atoms. The van der Waals surface area contributed by atoms with Crippen LogP contribution in [0, 0.1) is 0 Å². The van der Waals surface area contributed by atoms with Gasteiger partial charge in [0.15, 0.2) is 0 Å². The quantitative estimate of drug-likeness (QED) is 0.917. The highest BCUT2D eigenvalue weighted by molar-refractivity contribution is 5.94. The maximum absolute atomic E-state index is 12.1. The lowest BCUT2D eigenvalue weighted by Crippen LogP contribution is -2.26. The lowest BCUT2D eigenvalue weighted by atomic mass is 10.1. The van der Waals surface area contributed by atoms with Crippen LogP contribution in [-0.2, 0) is 0 Å². The molecule has 1 amide bonds. The number of hydrogen-bond acceptors (Lipinski definition) is 4. The summed E-state index contributed by atoms with van der Waals surface area (Å²) in [6, 6.07) is 8.68. The Morgan fingerprint density at radius 2 is 1.86 bits per heavy atom. The summed E-state index contributed by atoms with van der Waals surface area (Å²) in [5, 5.41) is 2.94. The van der Waals surface area contributed by atoms with E-state index in [1.165, 1.54) is 0 Å². The lowest BCUT2D eigenvalue weighted by molar-refractivity contribution is 0.0939. The van der Waals surface area contributed by atoms with Crippen molar-refractivity contribution in [3.05, 3.63) is 53.9 Å². The fraction of sp³-hybridized carbons (Fsp3) is 0.250. The van der Waals surface area contributed by atoms with Gasteiger partial charge in [0.25, 0.3) is 5.91 Å². The second-order valence-corrected chi connectivity index (χ2v) is 4.54. The van der Waals surface area contributed by atoms with E-state index < -0.39 is 0 Å². The third-order valence-electron chi connectivity index (χ3n) is 3.20. The SMILES string of the molecule is COc1ccc(C(C)NC(=O)c2ccncc2)c(OC)c1. The Hall–Kier alpha value is -2.56. The maximum atomic E-state index is 12.1. The van der Waals surface area contributed by atoms with Gasteiger partial charge in [-0.25, -0.2) is 0 Å². The molecule has 1 atom stereocenters. The zero-order valence-corrected chi connectivity index (χ0v) is 12.3. The number of carbonyl (C=O) groups excluding carboxylic acids is 1. The number of rotatable bonds is 5. The minimum atomic E-state index is -0.188. The van der Waals surface area contributed by atoms with Crippen LogP contribution >= 0.6 is 0 Å². The summed E-state index contributed by atoms with van der Waals surface area (Å²) in [7, 11) is 3.19. The fourth-order valence-electron chi connectivity index (χ4n) is 2.04. The molecule has 0 fully saturated rings. The molecule has 2 rings (SSSR count). The van der Waals surface area contributed by atoms with Crippen LogP contribution in [0.1, 0.15) is 28.9 Å². The molecule has 1 unspecified atom stereocenters. The second kappa shape index (κ2) is 6.74. The number of ether oxygens (including phenoxy) is 2. The summed E-state index contributed by atoms with van der Waals surface area (Å²) in [4.78, 5) is 16.0. The number of nitrogens with zero attached hydrogens (tertiary/aromatic N) is 1. The topological polar surface area (TPSA) is 60.5 Å². The number of aromatic nitrogens is 1. The summed E-state index contributed by atoms with van der Waals surface area (Å²) >= 11 is 0. The Labute approximate surface area is 123 Å². The minimum Gasteiger partial charge on any atom is -0.497 e. The Morgan fingerprint density at radius 3 is 2.48 bits per heavy atom. The monoisotopic (exact) mass is 286 g/mol. The highest BCUT2D eigenvalue weighted by Gasteiger charge is 2.15. The van der Waals surface area contributed by atoms with Gasteiger partial charge >= 0.3 is 0 Å². The molecule has 0 bridgehead atoms. The normalized spacial score (nSPS) is 11.6. The molecule has 0 saturated carbocycles. The standard InChI is InChI=1S/C16H18N2O3/c1-11(18-16(19)12-6-8-17-9-7-12)14-5-4-13(20-2)10-15(14)21-3/h4-11H,1-3H3,(H,18,19). The Morgan fingerprint density at radius 1 is 1.14 bits per heavy atom. The Bertz CT molecular complexity index is 614. The largest absolute Gasteiger partial charge is 0.497 e. The molecule has 110 valence electrons. The van der Waals surface area contributed by atoms with Crippen molar-refractivity contribution in [2.45, 2.75) is 13.0 Å². The number of hydrogen-bond donors (Lipinski definition) is 1. The van der Waals surface area contributed by atoms with Crippen LogP contribution in [-0.4, -0.2) is 25.1 Å². The molecule has 21 heavy (non-hydrogen) atoms. The zero-order chi connectivity index (χ0) is 15.2. The average Bonchev–Trinajstić information content (AvgIpc) is 2.54. The lowest BCUT2D eigenvalue weighted by Gasteiger charge is -2.18. The predicted octanol–water partition coefficient (Wildman–Crippen LogP) is 2.59. The van der Waals surface area contributed by atoms with E-state index in [0.29, 0.717) is 17.1 Å². The van der Waals surface area contributed by atoms with E-state index in [-0.39, 0.29) is 11.9 Å². The van der Waals surface area contributed by atoms with Gasteiger partial charge in [0.2, 0.25) is 0 Å². The van der Waals surface area contributed by atoms with Gasteiger partial charge in [-0.05, 0) is 31.2 Å². The van der Waals surface area contributed by atoms with Gasteiger partial charge in [-0.2, -0.15) is 0 Å². The van der Waals surface area contributed by atoms with E-state index in [9.17, 15) is 4.79 Å². The van der Waals surface area contributed by atoms with E-state index >= 15 is 0 Å². The molecular formula is C16H18N2O3. The van der Waals surface area contributed by atoms with Crippen molar-refractivity contribution in [2.75, 3.05) is 14.2 Å². The van der Waals surface area contributed by atoms with E-state index in [1.54, 1.807) is 44.8 Å². The molecule has 0 saturated heterocycles. The van der Waals surface area contributed by atoms with Gasteiger partial charge in [0.05, 0.1) is 20.3 Å². The van der Waals surface area contributed by atoms with Gasteiger partial charge in [-0.15, -0.1) is 0 Å². The van der Waals surface area contributed by atoms with Crippen molar-refractivity contribution in [1.29, 1.82) is 0 Å². The molecule has 1 aromatic heterocycles. The van der Waals surface area contributed by atoms with Crippen molar-refractivity contribution in [1.82, 2.24) is 10.3 Å². The van der Waals surface area contributed by atoms with E-state index in [2.05, 4.69) is 10.3 Å². The number of methoxy groups -OCH3 is 2. The molecule has 0 aliphatic carbocycles. The Kier molecular flexibility index (Phi) is 4.77. The predicted molar refractivity (Wildman–Crippen MR) is 79.7 cm³/mol. The first-order valence-corrected chi connectivity index (χ1v) is 6.58. The van der Waals surface area contributed by atoms with Gasteiger partial charge in [0, 0.05) is 29.6 Å². The summed E-state index contributed by atoms with van der Waals surface area (Å²) in [5.41, 5.74) is 1.46. The van der Waals surface area contributed by atoms with Crippen LogP contribution in [0.3, 0.4) is 0 Å². The highest BCUT2D eigenvalue weighted by atomic mass is 16.5. The molecule has 1 aromatic carbocycles. The molecule has 0 radical (unpaired) electrons. The number of carbonyl (C=O) groups is 1. The molecule has 5 heteroatoms. The molecule has 0 aliphatic rings. The Balaban J connectivity index is 2.17. The molecule has 0 aliphatic heterocycles. The summed E-state index contributed by atoms with van der Waals surface area (Å²) in [5.74, 6) is 1.24. The van der Waals surface area contributed by atoms with Crippen LogP contribution < -0.4 is 14.8 Å². The van der Waals surface area contributed by atoms with E-state index in [0.717, 1.165) is 5.56 Å². The van der Waals surface area contributed by atoms with E-state index in [1.807, 2.05) is 19.1 Å². The fourth-order valence-corrected chi connectivity index (χ4v) is 2.04. The number of benzene rings is 1. The molecule has 2 aromatic rings. The highest BCUT2D eigenvalue weighted by Crippen LogP contribution is 2.29. The first-order valence-electron chi connectivity index (χ1n) is 6.58. The summed E-state index contributed by atoms with van der Waals surface area (Å²) in [6.07, 6.45) is 3.18. The molecular weight excluding hydrogens is 268 g/mol. The van der Waals surface area contributed by atoms with Gasteiger partial charge in [-0.1, -0.05) is 0 Å². The first kappa shape index (κ1) is 14.8. The van der Waals surface area contributed by atoms with Crippen LogP contribution in [0.5, 0.6) is 11.5 Å². The van der Waals surface area contributed by atoms with Crippen LogP contribution in [0.2, 0.25) is 0 Å². The molecule has 1 N–H and O–H groups in total. The zero-order valence-electron chi connectivity index (χ0n) is 12.3. The van der Waals surface area contributed by atoms with Crippen molar-refractivity contribution in [3.8, 4) is 11.5 Å². The van der Waals surface area contributed by atoms with E-state index in [4.69, 9.17) is 9.47 Å². The van der Waals surface area contributed by atoms with Crippen molar-refractivity contribution in [2.24, 2.45) is 0 Å². The van der Waals surface area contributed by atoms with Crippen LogP contribution in [0.25, 0.3) is 0 Å². The van der Waals surface area contributed by atoms with Gasteiger partial charge in [0.1, 0.15) is 11.5 Å². The minimum absolute atomic E-state index is 0.150. The third kappa shape index (κ3) is 3.51. The third-order valence-corrected chi connectivity index (χ3v) is 3.20. The second-order valence-electron chi connectivity index (χ2n) is 4.54. The number of nitrogens with one attached hydrogen (secondary N) is 1. The van der Waals surface area contributed by atoms with Gasteiger partial charge in [-0.3, -0.25) is 9.78 Å². The van der Waals surface area contributed by atoms with Crippen molar-refractivity contribution < 1.29 is 14.3 Å². The smallest absolute Gasteiger partial charge is 0.251 e. The average molecular weight is 286 g/mol. The van der Waals surface area contributed by atoms with Gasteiger partial charge < -0.3 is 14.8 Å². The van der Waals surface area contributed by atoms with Crippen LogP contribution in [0.4, 0.5) is 0 Å². The summed E-state index contributed by atoms with van der Waals surface area (Å²) < 4.78 is 10.5. The van der Waals surface area contributed by atoms with Crippen LogP contribution in [0.15, 0.2) is 42.7 Å². The summed E-state index contributed by atoms with van der Waals surface area (Å²) in [6.45, 7) is 1.91. The maximum Gasteiger partial charge on any atom is 0.251 e. The van der Waals surface area contributed by atoms with Crippen molar-refractivity contribution >= 4 is 5.91 Å². The number of amides is 1.